The Kier molecular flexibility index (Phi) is 4.98. The molecule has 0 radical (unpaired) electrons. The van der Waals surface area contributed by atoms with Crippen LogP contribution in [0.25, 0.3) is 0 Å². The quantitative estimate of drug-likeness (QED) is 0.535. The molecule has 1 unspecified atom stereocenters. The minimum atomic E-state index is -3.53. The Labute approximate surface area is 119 Å². The second-order valence-corrected chi connectivity index (χ2v) is 7.20. The second-order valence-electron chi connectivity index (χ2n) is 5.05. The number of hydrogen-bond acceptors (Lipinski definition) is 6. The molecule has 0 bridgehead atoms. The highest BCUT2D eigenvalue weighted by atomic mass is 32.2. The molecule has 5 N–H and O–H groups in total. The summed E-state index contributed by atoms with van der Waals surface area (Å²) in [6.07, 6.45) is 0. The summed E-state index contributed by atoms with van der Waals surface area (Å²) in [5, 5.41) is 21.5. The fraction of sp³-hybridized carbons (Fsp3) is 0.500. The molecule has 0 aliphatic carbocycles. The van der Waals surface area contributed by atoms with Crippen molar-refractivity contribution in [2.75, 3.05) is 38.3 Å². The third kappa shape index (κ3) is 3.83. The maximum atomic E-state index is 11.9. The van der Waals surface area contributed by atoms with Crippen LogP contribution < -0.4 is 11.1 Å². The van der Waals surface area contributed by atoms with Gasteiger partial charge in [0.05, 0.1) is 22.9 Å². The summed E-state index contributed by atoms with van der Waals surface area (Å²) in [5.74, 6) is 0. The standard InChI is InChI=1S/C12H21N3O4S/c1-12(17,8-16)7-14-11-5-4-9(6-10(11)13)20(18,19)15(2)3/h4-6,14,16-17H,7-8,13H2,1-3H3. The number of benzene rings is 1. The minimum Gasteiger partial charge on any atom is -0.397 e. The van der Waals surface area contributed by atoms with Crippen molar-refractivity contribution in [2.24, 2.45) is 0 Å². The van der Waals surface area contributed by atoms with E-state index in [1.807, 2.05) is 0 Å². The maximum absolute atomic E-state index is 11.9. The van der Waals surface area contributed by atoms with E-state index in [9.17, 15) is 13.5 Å². The fourth-order valence-electron chi connectivity index (χ4n) is 1.41. The Balaban J connectivity index is 2.95. The Morgan fingerprint density at radius 1 is 1.40 bits per heavy atom. The van der Waals surface area contributed by atoms with Crippen molar-refractivity contribution in [3.05, 3.63) is 18.2 Å². The molecule has 114 valence electrons. The van der Waals surface area contributed by atoms with E-state index in [0.29, 0.717) is 5.69 Å². The van der Waals surface area contributed by atoms with Crippen molar-refractivity contribution in [3.63, 3.8) is 0 Å². The van der Waals surface area contributed by atoms with Gasteiger partial charge in [-0.1, -0.05) is 0 Å². The molecule has 0 saturated carbocycles. The highest BCUT2D eigenvalue weighted by Crippen LogP contribution is 2.24. The maximum Gasteiger partial charge on any atom is 0.242 e. The molecule has 1 atom stereocenters. The first-order valence-electron chi connectivity index (χ1n) is 5.99. The summed E-state index contributed by atoms with van der Waals surface area (Å²) in [7, 11) is -0.647. The largest absolute Gasteiger partial charge is 0.397 e. The molecule has 8 heteroatoms. The first-order chi connectivity index (χ1) is 9.10. The highest BCUT2D eigenvalue weighted by molar-refractivity contribution is 7.89. The third-order valence-electron chi connectivity index (χ3n) is 2.80. The summed E-state index contributed by atoms with van der Waals surface area (Å²) in [6, 6.07) is 4.31. The molecule has 1 aromatic rings. The fourth-order valence-corrected chi connectivity index (χ4v) is 2.35. The molecule has 0 spiro atoms. The van der Waals surface area contributed by atoms with Crippen molar-refractivity contribution in [2.45, 2.75) is 17.4 Å². The van der Waals surface area contributed by atoms with Crippen LogP contribution in [0.15, 0.2) is 23.1 Å². The smallest absolute Gasteiger partial charge is 0.242 e. The number of aliphatic hydroxyl groups excluding tert-OH is 1. The van der Waals surface area contributed by atoms with Crippen LogP contribution in [0.4, 0.5) is 11.4 Å². The van der Waals surface area contributed by atoms with Crippen molar-refractivity contribution in [1.29, 1.82) is 0 Å². The Bertz CT molecular complexity index is 570. The molecular formula is C12H21N3O4S. The van der Waals surface area contributed by atoms with E-state index in [1.165, 1.54) is 39.2 Å². The van der Waals surface area contributed by atoms with Gasteiger partial charge in [0.2, 0.25) is 10.0 Å². The van der Waals surface area contributed by atoms with Gasteiger partial charge in [-0.25, -0.2) is 12.7 Å². The average molecular weight is 303 g/mol. The van der Waals surface area contributed by atoms with Gasteiger partial charge in [-0.3, -0.25) is 0 Å². The lowest BCUT2D eigenvalue weighted by molar-refractivity contribution is 0.0132. The monoisotopic (exact) mass is 303 g/mol. The first-order valence-corrected chi connectivity index (χ1v) is 7.43. The number of nitrogens with zero attached hydrogens (tertiary/aromatic N) is 1. The van der Waals surface area contributed by atoms with E-state index in [-0.39, 0.29) is 17.1 Å². The van der Waals surface area contributed by atoms with Gasteiger partial charge in [-0.05, 0) is 25.1 Å². The van der Waals surface area contributed by atoms with Gasteiger partial charge in [-0.15, -0.1) is 0 Å². The number of nitrogens with one attached hydrogen (secondary N) is 1. The lowest BCUT2D eigenvalue weighted by atomic mass is 10.1. The van der Waals surface area contributed by atoms with E-state index in [4.69, 9.17) is 10.8 Å². The Hall–Kier alpha value is -1.35. The summed E-state index contributed by atoms with van der Waals surface area (Å²) < 4.78 is 25.0. The highest BCUT2D eigenvalue weighted by Gasteiger charge is 2.20. The molecule has 0 aromatic heterocycles. The van der Waals surface area contributed by atoms with E-state index in [2.05, 4.69) is 5.32 Å². The van der Waals surface area contributed by atoms with E-state index >= 15 is 0 Å². The van der Waals surface area contributed by atoms with Gasteiger partial charge in [0, 0.05) is 20.6 Å². The molecule has 0 aliphatic rings. The molecule has 0 aliphatic heterocycles. The zero-order valence-electron chi connectivity index (χ0n) is 11.8. The van der Waals surface area contributed by atoms with Gasteiger partial charge in [0.1, 0.15) is 5.60 Å². The van der Waals surface area contributed by atoms with Crippen LogP contribution in [-0.4, -0.2) is 55.8 Å². The topological polar surface area (TPSA) is 116 Å². The van der Waals surface area contributed by atoms with E-state index in [1.54, 1.807) is 0 Å². The summed E-state index contributed by atoms with van der Waals surface area (Å²) in [6.45, 7) is 1.17. The first kappa shape index (κ1) is 16.7. The zero-order valence-corrected chi connectivity index (χ0v) is 12.6. The lowest BCUT2D eigenvalue weighted by Crippen LogP contribution is -2.37. The summed E-state index contributed by atoms with van der Waals surface area (Å²) in [4.78, 5) is 0.0967. The SMILES string of the molecule is CN(C)S(=O)(=O)c1ccc(NCC(C)(O)CO)c(N)c1. The number of hydrogen-bond donors (Lipinski definition) is 4. The van der Waals surface area contributed by atoms with Crippen molar-refractivity contribution in [3.8, 4) is 0 Å². The van der Waals surface area contributed by atoms with Crippen LogP contribution >= 0.6 is 0 Å². The molecule has 0 heterocycles. The molecule has 0 amide bonds. The zero-order chi connectivity index (χ0) is 15.6. The average Bonchev–Trinajstić information content (AvgIpc) is 2.37. The summed E-state index contributed by atoms with van der Waals surface area (Å²) >= 11 is 0. The van der Waals surface area contributed by atoms with Crippen molar-refractivity contribution < 1.29 is 18.6 Å². The molecule has 0 fully saturated rings. The van der Waals surface area contributed by atoms with E-state index < -0.39 is 22.2 Å². The predicted molar refractivity (Wildman–Crippen MR) is 77.9 cm³/mol. The minimum absolute atomic E-state index is 0.0908. The normalized spacial score (nSPS) is 15.1. The third-order valence-corrected chi connectivity index (χ3v) is 4.61. The van der Waals surface area contributed by atoms with Crippen LogP contribution in [0.3, 0.4) is 0 Å². The number of aliphatic hydroxyl groups is 2. The Morgan fingerprint density at radius 2 is 2.00 bits per heavy atom. The number of nitrogens with two attached hydrogens (primary N) is 1. The van der Waals surface area contributed by atoms with Gasteiger partial charge < -0.3 is 21.3 Å². The van der Waals surface area contributed by atoms with E-state index in [0.717, 1.165) is 4.31 Å². The second kappa shape index (κ2) is 5.96. The Morgan fingerprint density at radius 3 is 2.45 bits per heavy atom. The predicted octanol–water partition coefficient (Wildman–Crippen LogP) is -0.326. The lowest BCUT2D eigenvalue weighted by Gasteiger charge is -2.22. The molecular weight excluding hydrogens is 282 g/mol. The van der Waals surface area contributed by atoms with Gasteiger partial charge in [-0.2, -0.15) is 0 Å². The van der Waals surface area contributed by atoms with Gasteiger partial charge >= 0.3 is 0 Å². The van der Waals surface area contributed by atoms with Crippen LogP contribution in [-0.2, 0) is 10.0 Å². The molecule has 20 heavy (non-hydrogen) atoms. The van der Waals surface area contributed by atoms with Crippen LogP contribution in [0.1, 0.15) is 6.92 Å². The molecule has 7 nitrogen and oxygen atoms in total. The number of anilines is 2. The summed E-state index contributed by atoms with van der Waals surface area (Å²) in [5.41, 5.74) is 5.27. The molecule has 1 rings (SSSR count). The van der Waals surface area contributed by atoms with Crippen LogP contribution in [0, 0.1) is 0 Å². The van der Waals surface area contributed by atoms with Crippen molar-refractivity contribution >= 4 is 21.4 Å². The van der Waals surface area contributed by atoms with Gasteiger partial charge in [0.15, 0.2) is 0 Å². The number of nitrogen functional groups attached to an aromatic ring is 1. The number of rotatable bonds is 6. The number of sulfonamides is 1. The van der Waals surface area contributed by atoms with Crippen LogP contribution in [0.2, 0.25) is 0 Å². The molecule has 1 aromatic carbocycles. The van der Waals surface area contributed by atoms with Gasteiger partial charge in [0.25, 0.3) is 0 Å². The molecule has 0 saturated heterocycles. The van der Waals surface area contributed by atoms with Crippen molar-refractivity contribution in [1.82, 2.24) is 4.31 Å². The van der Waals surface area contributed by atoms with Crippen LogP contribution in [0.5, 0.6) is 0 Å².